The molecule has 1 atom stereocenters. The molecule has 0 N–H and O–H groups in total. The molecule has 2 aromatic carbocycles. The molecule has 1 amide bonds. The molecule has 0 saturated heterocycles. The van der Waals surface area contributed by atoms with Crippen LogP contribution in [0.15, 0.2) is 48.5 Å². The molecule has 0 aromatic heterocycles. The van der Waals surface area contributed by atoms with Crippen molar-refractivity contribution >= 4 is 5.91 Å². The number of para-hydroxylation sites is 2. The van der Waals surface area contributed by atoms with Crippen LogP contribution in [-0.2, 0) is 11.3 Å². The third-order valence-corrected chi connectivity index (χ3v) is 3.70. The van der Waals surface area contributed by atoms with Gasteiger partial charge in [-0.15, -0.1) is 0 Å². The first-order valence-electron chi connectivity index (χ1n) is 7.32. The highest BCUT2D eigenvalue weighted by Gasteiger charge is 2.29. The summed E-state index contributed by atoms with van der Waals surface area (Å²) >= 11 is 0. The van der Waals surface area contributed by atoms with Gasteiger partial charge in [-0.05, 0) is 24.6 Å². The SMILES string of the molecule is Cc1ccc(CN(C)C(=O)[C@@H]2COc3ccccc3O2)cc1. The molecule has 1 aliphatic rings. The molecular weight excluding hydrogens is 278 g/mol. The molecule has 0 saturated carbocycles. The average Bonchev–Trinajstić information content (AvgIpc) is 2.55. The maximum atomic E-state index is 12.5. The molecule has 4 nitrogen and oxygen atoms in total. The van der Waals surface area contributed by atoms with Crippen molar-refractivity contribution in [3.05, 3.63) is 59.7 Å². The van der Waals surface area contributed by atoms with Crippen LogP contribution < -0.4 is 9.47 Å². The van der Waals surface area contributed by atoms with E-state index >= 15 is 0 Å². The Bertz CT molecular complexity index is 666. The van der Waals surface area contributed by atoms with Crippen LogP contribution in [-0.4, -0.2) is 30.6 Å². The fraction of sp³-hybridized carbons (Fsp3) is 0.278. The zero-order valence-electron chi connectivity index (χ0n) is 12.8. The first-order chi connectivity index (χ1) is 10.6. The van der Waals surface area contributed by atoms with Crippen molar-refractivity contribution in [1.82, 2.24) is 4.90 Å². The van der Waals surface area contributed by atoms with Crippen molar-refractivity contribution in [1.29, 1.82) is 0 Å². The number of hydrogen-bond donors (Lipinski definition) is 0. The highest BCUT2D eigenvalue weighted by Crippen LogP contribution is 2.31. The van der Waals surface area contributed by atoms with Gasteiger partial charge in [0.2, 0.25) is 6.10 Å². The van der Waals surface area contributed by atoms with Crippen molar-refractivity contribution in [3.8, 4) is 11.5 Å². The highest BCUT2D eigenvalue weighted by molar-refractivity contribution is 5.81. The molecular formula is C18H19NO3. The van der Waals surface area contributed by atoms with Gasteiger partial charge in [0.05, 0.1) is 0 Å². The summed E-state index contributed by atoms with van der Waals surface area (Å²) < 4.78 is 11.4. The highest BCUT2D eigenvalue weighted by atomic mass is 16.6. The van der Waals surface area contributed by atoms with E-state index in [1.807, 2.05) is 55.5 Å². The topological polar surface area (TPSA) is 38.8 Å². The Morgan fingerprint density at radius 3 is 2.55 bits per heavy atom. The van der Waals surface area contributed by atoms with E-state index in [9.17, 15) is 4.79 Å². The predicted molar refractivity (Wildman–Crippen MR) is 84.0 cm³/mol. The maximum absolute atomic E-state index is 12.5. The van der Waals surface area contributed by atoms with Crippen LogP contribution in [0.25, 0.3) is 0 Å². The average molecular weight is 297 g/mol. The van der Waals surface area contributed by atoms with Crippen molar-refractivity contribution in [2.75, 3.05) is 13.7 Å². The molecule has 0 bridgehead atoms. The summed E-state index contributed by atoms with van der Waals surface area (Å²) in [6.45, 7) is 2.85. The lowest BCUT2D eigenvalue weighted by molar-refractivity contribution is -0.140. The molecule has 0 spiro atoms. The van der Waals surface area contributed by atoms with Gasteiger partial charge in [-0.25, -0.2) is 0 Å². The van der Waals surface area contributed by atoms with E-state index in [-0.39, 0.29) is 12.5 Å². The number of aryl methyl sites for hydroxylation is 1. The van der Waals surface area contributed by atoms with Gasteiger partial charge in [-0.3, -0.25) is 4.79 Å². The zero-order chi connectivity index (χ0) is 15.5. The van der Waals surface area contributed by atoms with Crippen LogP contribution in [0.1, 0.15) is 11.1 Å². The van der Waals surface area contributed by atoms with Gasteiger partial charge in [-0.1, -0.05) is 42.0 Å². The normalized spacial score (nSPS) is 16.2. The van der Waals surface area contributed by atoms with Crippen LogP contribution in [0, 0.1) is 6.92 Å². The van der Waals surface area contributed by atoms with Crippen molar-refractivity contribution < 1.29 is 14.3 Å². The van der Waals surface area contributed by atoms with E-state index in [1.54, 1.807) is 11.9 Å². The van der Waals surface area contributed by atoms with Gasteiger partial charge in [-0.2, -0.15) is 0 Å². The van der Waals surface area contributed by atoms with E-state index in [1.165, 1.54) is 5.56 Å². The zero-order valence-corrected chi connectivity index (χ0v) is 12.8. The predicted octanol–water partition coefficient (Wildman–Crippen LogP) is 2.79. The Labute approximate surface area is 130 Å². The quantitative estimate of drug-likeness (QED) is 0.874. The number of carbonyl (C=O) groups excluding carboxylic acids is 1. The minimum Gasteiger partial charge on any atom is -0.485 e. The number of fused-ring (bicyclic) bond motifs is 1. The number of hydrogen-bond acceptors (Lipinski definition) is 3. The van der Waals surface area contributed by atoms with Gasteiger partial charge in [0.25, 0.3) is 5.91 Å². The fourth-order valence-corrected chi connectivity index (χ4v) is 2.43. The van der Waals surface area contributed by atoms with Crippen molar-refractivity contribution in [2.45, 2.75) is 19.6 Å². The molecule has 0 radical (unpaired) electrons. The summed E-state index contributed by atoms with van der Waals surface area (Å²) in [4.78, 5) is 14.2. The fourth-order valence-electron chi connectivity index (χ4n) is 2.43. The standard InChI is InChI=1S/C18H19NO3/c1-13-7-9-14(10-8-13)11-19(2)18(20)17-12-21-15-5-3-4-6-16(15)22-17/h3-10,17H,11-12H2,1-2H3/t17-/m0/s1. The van der Waals surface area contributed by atoms with Crippen LogP contribution in [0.3, 0.4) is 0 Å². The Hall–Kier alpha value is -2.49. The Kier molecular flexibility index (Phi) is 4.00. The van der Waals surface area contributed by atoms with E-state index in [0.29, 0.717) is 18.0 Å². The number of likely N-dealkylation sites (N-methyl/N-ethyl adjacent to an activating group) is 1. The van der Waals surface area contributed by atoms with E-state index in [4.69, 9.17) is 9.47 Å². The third kappa shape index (κ3) is 3.06. The Morgan fingerprint density at radius 1 is 1.14 bits per heavy atom. The molecule has 4 heteroatoms. The molecule has 1 aliphatic heterocycles. The minimum absolute atomic E-state index is 0.0740. The Morgan fingerprint density at radius 2 is 1.82 bits per heavy atom. The summed E-state index contributed by atoms with van der Waals surface area (Å²) in [5.74, 6) is 1.23. The Balaban J connectivity index is 1.65. The number of nitrogens with zero attached hydrogens (tertiary/aromatic N) is 1. The number of ether oxygens (including phenoxy) is 2. The second-order valence-corrected chi connectivity index (χ2v) is 5.54. The van der Waals surface area contributed by atoms with E-state index in [2.05, 4.69) is 0 Å². The maximum Gasteiger partial charge on any atom is 0.267 e. The first kappa shape index (κ1) is 14.4. The molecule has 1 heterocycles. The van der Waals surface area contributed by atoms with Gasteiger partial charge in [0.15, 0.2) is 11.5 Å². The molecule has 0 fully saturated rings. The number of carbonyl (C=O) groups is 1. The molecule has 0 aliphatic carbocycles. The first-order valence-corrected chi connectivity index (χ1v) is 7.32. The number of benzene rings is 2. The lowest BCUT2D eigenvalue weighted by atomic mass is 10.1. The smallest absolute Gasteiger partial charge is 0.267 e. The van der Waals surface area contributed by atoms with Gasteiger partial charge in [0, 0.05) is 13.6 Å². The van der Waals surface area contributed by atoms with Crippen LogP contribution in [0.4, 0.5) is 0 Å². The lowest BCUT2D eigenvalue weighted by Gasteiger charge is -2.28. The molecule has 114 valence electrons. The van der Waals surface area contributed by atoms with Gasteiger partial charge in [0.1, 0.15) is 6.61 Å². The molecule has 22 heavy (non-hydrogen) atoms. The monoisotopic (exact) mass is 297 g/mol. The number of amides is 1. The van der Waals surface area contributed by atoms with E-state index in [0.717, 1.165) is 5.56 Å². The minimum atomic E-state index is -0.592. The summed E-state index contributed by atoms with van der Waals surface area (Å²) in [6, 6.07) is 15.6. The van der Waals surface area contributed by atoms with Gasteiger partial charge >= 0.3 is 0 Å². The summed E-state index contributed by atoms with van der Waals surface area (Å²) in [5, 5.41) is 0. The summed E-state index contributed by atoms with van der Waals surface area (Å²) in [6.07, 6.45) is -0.592. The summed E-state index contributed by atoms with van der Waals surface area (Å²) in [5.41, 5.74) is 2.30. The van der Waals surface area contributed by atoms with E-state index < -0.39 is 6.10 Å². The molecule has 2 aromatic rings. The third-order valence-electron chi connectivity index (χ3n) is 3.70. The second-order valence-electron chi connectivity index (χ2n) is 5.54. The van der Waals surface area contributed by atoms with Crippen molar-refractivity contribution in [2.24, 2.45) is 0 Å². The van der Waals surface area contributed by atoms with Crippen LogP contribution in [0.2, 0.25) is 0 Å². The summed E-state index contributed by atoms with van der Waals surface area (Å²) in [7, 11) is 1.78. The lowest BCUT2D eigenvalue weighted by Crippen LogP contribution is -2.44. The second kappa shape index (κ2) is 6.10. The number of rotatable bonds is 3. The van der Waals surface area contributed by atoms with Crippen LogP contribution >= 0.6 is 0 Å². The molecule has 0 unspecified atom stereocenters. The van der Waals surface area contributed by atoms with Gasteiger partial charge < -0.3 is 14.4 Å². The molecule has 3 rings (SSSR count). The van der Waals surface area contributed by atoms with Crippen molar-refractivity contribution in [3.63, 3.8) is 0 Å². The largest absolute Gasteiger partial charge is 0.485 e. The van der Waals surface area contributed by atoms with Crippen LogP contribution in [0.5, 0.6) is 11.5 Å².